The van der Waals surface area contributed by atoms with Gasteiger partial charge in [0.2, 0.25) is 17.7 Å². The molecule has 200 valence electrons. The number of nitriles is 1. The van der Waals surface area contributed by atoms with Gasteiger partial charge in [-0.3, -0.25) is 14.4 Å². The zero-order chi connectivity index (χ0) is 27.3. The molecule has 7 N–H and O–H groups in total. The number of carbonyl (C=O) groups is 3. The summed E-state index contributed by atoms with van der Waals surface area (Å²) in [6.07, 6.45) is 1.53. The molecule has 0 radical (unpaired) electrons. The number of fused-ring (bicyclic) bond motifs is 1. The summed E-state index contributed by atoms with van der Waals surface area (Å²) in [6, 6.07) is 5.90. The number of nitrogens with two attached hydrogens (primary N) is 3. The lowest BCUT2D eigenvalue weighted by molar-refractivity contribution is -0.135. The van der Waals surface area contributed by atoms with E-state index in [0.29, 0.717) is 31.8 Å². The normalized spacial score (nSPS) is 22.1. The average molecular weight is 519 g/mol. The highest BCUT2D eigenvalue weighted by molar-refractivity contribution is 5.91. The van der Waals surface area contributed by atoms with Gasteiger partial charge in [-0.05, 0) is 23.1 Å². The van der Waals surface area contributed by atoms with E-state index in [4.69, 9.17) is 22.6 Å². The van der Waals surface area contributed by atoms with Gasteiger partial charge in [-0.1, -0.05) is 18.2 Å². The fourth-order valence-corrected chi connectivity index (χ4v) is 4.53. The molecule has 3 aliphatic rings. The van der Waals surface area contributed by atoms with Crippen LogP contribution in [-0.4, -0.2) is 63.6 Å². The van der Waals surface area contributed by atoms with Crippen molar-refractivity contribution in [3.8, 4) is 6.07 Å². The molecule has 3 aliphatic heterocycles. The molecule has 37 heavy (non-hydrogen) atoms. The molecular weight excluding hydrogens is 486 g/mol. The molecule has 11 nitrogen and oxygen atoms in total. The van der Waals surface area contributed by atoms with Gasteiger partial charge in [0.05, 0.1) is 19.2 Å². The smallest absolute Gasteiger partial charge is 0.268 e. The maximum absolute atomic E-state index is 13.1. The summed E-state index contributed by atoms with van der Waals surface area (Å²) >= 11 is 0. The highest BCUT2D eigenvalue weighted by Crippen LogP contribution is 2.32. The molecule has 1 aromatic carbocycles. The van der Waals surface area contributed by atoms with Gasteiger partial charge in [-0.25, -0.2) is 14.6 Å². The summed E-state index contributed by atoms with van der Waals surface area (Å²) in [5.74, 6) is 2.14. The third kappa shape index (κ3) is 6.93. The molecule has 2 fully saturated rings. The topological polar surface area (TPSA) is 175 Å². The van der Waals surface area contributed by atoms with Crippen LogP contribution in [0.3, 0.4) is 0 Å². The van der Waals surface area contributed by atoms with Crippen LogP contribution >= 0.6 is 0 Å². The fourth-order valence-electron chi connectivity index (χ4n) is 4.53. The van der Waals surface area contributed by atoms with Crippen LogP contribution in [0.15, 0.2) is 30.1 Å². The molecule has 0 aliphatic carbocycles. The van der Waals surface area contributed by atoms with Gasteiger partial charge in [0.1, 0.15) is 12.1 Å². The second-order valence-corrected chi connectivity index (χ2v) is 9.34. The van der Waals surface area contributed by atoms with Gasteiger partial charge >= 0.3 is 0 Å². The predicted molar refractivity (Wildman–Crippen MR) is 129 cm³/mol. The van der Waals surface area contributed by atoms with E-state index in [1.807, 2.05) is 23.1 Å². The van der Waals surface area contributed by atoms with E-state index in [2.05, 4.69) is 5.32 Å². The molecule has 1 aromatic rings. The lowest BCUT2D eigenvalue weighted by Crippen LogP contribution is -2.46. The number of hydrogen-bond donors (Lipinski definition) is 4. The van der Waals surface area contributed by atoms with Crippen LogP contribution in [0.25, 0.3) is 0 Å². The Bertz CT molecular complexity index is 1120. The van der Waals surface area contributed by atoms with Crippen molar-refractivity contribution in [3.63, 3.8) is 0 Å². The van der Waals surface area contributed by atoms with Crippen LogP contribution in [0.5, 0.6) is 0 Å². The number of benzene rings is 1. The van der Waals surface area contributed by atoms with Crippen molar-refractivity contribution in [1.29, 1.82) is 5.26 Å². The van der Waals surface area contributed by atoms with Crippen LogP contribution in [0, 0.1) is 11.3 Å². The van der Waals surface area contributed by atoms with Gasteiger partial charge in [0.15, 0.2) is 0 Å². The monoisotopic (exact) mass is 518 g/mol. The van der Waals surface area contributed by atoms with Gasteiger partial charge in [0, 0.05) is 51.3 Å². The molecule has 2 atom stereocenters. The molecule has 3 heterocycles. The van der Waals surface area contributed by atoms with Crippen LogP contribution in [0.4, 0.5) is 8.78 Å². The van der Waals surface area contributed by atoms with Crippen molar-refractivity contribution in [2.45, 2.75) is 63.8 Å². The van der Waals surface area contributed by atoms with Crippen molar-refractivity contribution in [2.75, 3.05) is 13.1 Å². The third-order valence-electron chi connectivity index (χ3n) is 6.44. The van der Waals surface area contributed by atoms with Crippen molar-refractivity contribution >= 4 is 17.7 Å². The Hall–Kier alpha value is -3.76. The molecular formula is C24H32F2N8O3. The third-order valence-corrected chi connectivity index (χ3v) is 6.44. The summed E-state index contributed by atoms with van der Waals surface area (Å²) < 4.78 is 26.2. The first-order valence-electron chi connectivity index (χ1n) is 11.8. The number of nitrogens with zero attached hydrogens (tertiary/aromatic N) is 4. The summed E-state index contributed by atoms with van der Waals surface area (Å²) in [7, 11) is 0. The number of halogens is 2. The molecule has 2 unspecified atom stereocenters. The molecule has 0 aromatic heterocycles. The molecule has 2 saturated heterocycles. The number of amides is 3. The first-order valence-corrected chi connectivity index (χ1v) is 11.8. The average Bonchev–Trinajstić information content (AvgIpc) is 3.55. The molecule has 0 bridgehead atoms. The Labute approximate surface area is 213 Å². The van der Waals surface area contributed by atoms with Crippen LogP contribution in [0.2, 0.25) is 0 Å². The van der Waals surface area contributed by atoms with Gasteiger partial charge in [-0.15, -0.1) is 0 Å². The van der Waals surface area contributed by atoms with Gasteiger partial charge in [0.25, 0.3) is 5.92 Å². The first kappa shape index (κ1) is 27.8. The Balaban J connectivity index is 0.000000208. The summed E-state index contributed by atoms with van der Waals surface area (Å²) in [4.78, 5) is 37.0. The predicted octanol–water partition coefficient (Wildman–Crippen LogP) is 0.00798. The number of hydrazine groups is 1. The van der Waals surface area contributed by atoms with Crippen LogP contribution < -0.4 is 22.6 Å². The lowest BCUT2D eigenvalue weighted by Gasteiger charge is -2.22. The molecule has 3 amide bonds. The summed E-state index contributed by atoms with van der Waals surface area (Å²) in [5.41, 5.74) is 15.1. The van der Waals surface area contributed by atoms with Crippen molar-refractivity contribution in [1.82, 2.24) is 20.1 Å². The maximum atomic E-state index is 13.1. The van der Waals surface area contributed by atoms with Crippen LogP contribution in [0.1, 0.15) is 42.9 Å². The van der Waals surface area contributed by atoms with E-state index in [0.717, 1.165) is 10.5 Å². The lowest BCUT2D eigenvalue weighted by atomic mass is 10.0. The molecule has 4 rings (SSSR count). The summed E-state index contributed by atoms with van der Waals surface area (Å²) in [5, 5.41) is 12.7. The van der Waals surface area contributed by atoms with E-state index in [1.165, 1.54) is 16.1 Å². The van der Waals surface area contributed by atoms with Crippen molar-refractivity contribution < 1.29 is 23.2 Å². The number of hydrogen-bond acceptors (Lipinski definition) is 8. The van der Waals surface area contributed by atoms with Gasteiger partial charge < -0.3 is 31.6 Å². The zero-order valence-corrected chi connectivity index (χ0v) is 20.6. The standard InChI is InChI=1S/C14H21N5O.C10H11F2N3O2/c1-10(20)18-6-11-3-2-4-12(14(11)9-18)7-19(17)8-13(16)5-15;11-10(12)3-6(4-13)15(5-10)9(17)7-1-2-8(16)14-7/h2-4,8H,5-7,9,15-17H2,1H3;6-7H,1-3,5H2,(H,14,16)/b13-8-;. The zero-order valence-electron chi connectivity index (χ0n) is 20.6. The van der Waals surface area contributed by atoms with E-state index >= 15 is 0 Å². The van der Waals surface area contributed by atoms with Crippen molar-refractivity contribution in [2.24, 2.45) is 17.3 Å². The molecule has 13 heteroatoms. The minimum absolute atomic E-state index is 0.0871. The number of likely N-dealkylation sites (tertiary alicyclic amines) is 1. The second-order valence-electron chi connectivity index (χ2n) is 9.34. The van der Waals surface area contributed by atoms with Crippen LogP contribution in [-0.2, 0) is 34.0 Å². The Morgan fingerprint density at radius 2 is 2.08 bits per heavy atom. The van der Waals surface area contributed by atoms with Gasteiger partial charge in [-0.2, -0.15) is 5.26 Å². The maximum Gasteiger partial charge on any atom is 0.268 e. The highest BCUT2D eigenvalue weighted by atomic mass is 19.3. The minimum atomic E-state index is -3.02. The van der Waals surface area contributed by atoms with E-state index in [9.17, 15) is 23.2 Å². The van der Waals surface area contributed by atoms with E-state index < -0.39 is 36.9 Å². The summed E-state index contributed by atoms with van der Waals surface area (Å²) in [6.45, 7) is 2.98. The minimum Gasteiger partial charge on any atom is -0.400 e. The highest BCUT2D eigenvalue weighted by Gasteiger charge is 2.49. The van der Waals surface area contributed by atoms with E-state index in [-0.39, 0.29) is 24.8 Å². The first-order chi connectivity index (χ1) is 17.4. The van der Waals surface area contributed by atoms with E-state index in [1.54, 1.807) is 19.2 Å². The fraction of sp³-hybridized carbons (Fsp3) is 0.500. The Kier molecular flexibility index (Phi) is 8.67. The Morgan fingerprint density at radius 3 is 2.68 bits per heavy atom. The molecule has 0 spiro atoms. The number of alkyl halides is 2. The number of rotatable bonds is 5. The van der Waals surface area contributed by atoms with Crippen molar-refractivity contribution in [3.05, 3.63) is 46.8 Å². The largest absolute Gasteiger partial charge is 0.400 e. The molecule has 0 saturated carbocycles. The number of nitrogens with one attached hydrogen (secondary N) is 1. The SMILES string of the molecule is CC(=O)N1Cc2cccc(CN(N)/C=C(\N)CN)c2C1.N#CC1CC(F)(F)CN1C(=O)C1CCC(=O)N1. The quantitative estimate of drug-likeness (QED) is 0.311. The number of carbonyl (C=O) groups excluding carboxylic acids is 3. The Morgan fingerprint density at radius 1 is 1.35 bits per heavy atom. The second kappa shape index (κ2) is 11.5.